The number of carbonyl (C=O) groups is 2. The fourth-order valence-corrected chi connectivity index (χ4v) is 4.39. The molecule has 1 aromatic carbocycles. The lowest BCUT2D eigenvalue weighted by molar-refractivity contribution is -0.119. The molecule has 7 heteroatoms. The van der Waals surface area contributed by atoms with E-state index >= 15 is 0 Å². The molecule has 4 rings (SSSR count). The molecule has 0 unspecified atom stereocenters. The number of amides is 1. The second-order valence-electron chi connectivity index (χ2n) is 8.31. The maximum atomic E-state index is 13.4. The van der Waals surface area contributed by atoms with E-state index in [4.69, 9.17) is 6.57 Å². The fourth-order valence-electron chi connectivity index (χ4n) is 4.39. The number of nitrogens with zero attached hydrogens (tertiary/aromatic N) is 4. The first-order valence-electron chi connectivity index (χ1n) is 11.0. The highest BCUT2D eigenvalue weighted by molar-refractivity contribution is 6.09. The lowest BCUT2D eigenvalue weighted by atomic mass is 10.1. The van der Waals surface area contributed by atoms with E-state index in [2.05, 4.69) is 20.0 Å². The summed E-state index contributed by atoms with van der Waals surface area (Å²) >= 11 is 0. The normalized spacial score (nSPS) is 14.3. The Morgan fingerprint density at radius 3 is 2.53 bits per heavy atom. The standard InChI is InChI=1S/C25H27N5O2/c1-17-24(23(32)16-29-11-5-4-6-12-29)25-22(13-19(15-28-25)14-27-18(2)31)30(17)21-9-7-20(26-3)8-10-21/h7-10,13,15H,4-6,11-12,14,16H2,1-2H3,(H,27,31). The van der Waals surface area contributed by atoms with Gasteiger partial charge in [0.2, 0.25) is 5.91 Å². The Bertz CT molecular complexity index is 1200. The van der Waals surface area contributed by atoms with Gasteiger partial charge in [0, 0.05) is 31.0 Å². The molecule has 3 heterocycles. The zero-order valence-corrected chi connectivity index (χ0v) is 18.5. The number of nitrogens with one attached hydrogen (secondary N) is 1. The van der Waals surface area contributed by atoms with E-state index in [0.717, 1.165) is 48.4 Å². The van der Waals surface area contributed by atoms with Gasteiger partial charge >= 0.3 is 0 Å². The van der Waals surface area contributed by atoms with Crippen LogP contribution in [0.4, 0.5) is 5.69 Å². The van der Waals surface area contributed by atoms with Crippen molar-refractivity contribution >= 4 is 28.4 Å². The van der Waals surface area contributed by atoms with Crippen molar-refractivity contribution in [1.82, 2.24) is 19.8 Å². The van der Waals surface area contributed by atoms with Crippen LogP contribution in [-0.2, 0) is 11.3 Å². The molecule has 1 amide bonds. The van der Waals surface area contributed by atoms with Gasteiger partial charge in [0.15, 0.2) is 11.5 Å². The molecule has 0 radical (unpaired) electrons. The number of rotatable bonds is 6. The third kappa shape index (κ3) is 4.41. The van der Waals surface area contributed by atoms with Crippen LogP contribution in [0.25, 0.3) is 21.6 Å². The molecule has 0 spiro atoms. The van der Waals surface area contributed by atoms with Crippen LogP contribution in [0.3, 0.4) is 0 Å². The molecule has 7 nitrogen and oxygen atoms in total. The molecule has 3 aromatic rings. The fraction of sp³-hybridized carbons (Fsp3) is 0.360. The van der Waals surface area contributed by atoms with Gasteiger partial charge in [-0.25, -0.2) is 4.85 Å². The molecule has 0 aliphatic carbocycles. The summed E-state index contributed by atoms with van der Waals surface area (Å²) in [7, 11) is 0. The first-order valence-corrected chi connectivity index (χ1v) is 11.0. The largest absolute Gasteiger partial charge is 0.352 e. The average Bonchev–Trinajstić information content (AvgIpc) is 3.09. The van der Waals surface area contributed by atoms with Gasteiger partial charge in [-0.1, -0.05) is 18.6 Å². The van der Waals surface area contributed by atoms with E-state index in [1.807, 2.05) is 29.7 Å². The third-order valence-electron chi connectivity index (χ3n) is 5.97. The summed E-state index contributed by atoms with van der Waals surface area (Å²) in [4.78, 5) is 35.1. The van der Waals surface area contributed by atoms with Gasteiger partial charge in [0.05, 0.1) is 29.7 Å². The van der Waals surface area contributed by atoms with Crippen molar-refractivity contribution in [2.45, 2.75) is 39.7 Å². The molecule has 0 bridgehead atoms. The van der Waals surface area contributed by atoms with Crippen LogP contribution in [0.1, 0.15) is 47.8 Å². The van der Waals surface area contributed by atoms with Crippen molar-refractivity contribution in [3.63, 3.8) is 0 Å². The second-order valence-corrected chi connectivity index (χ2v) is 8.31. The van der Waals surface area contributed by atoms with Crippen molar-refractivity contribution < 1.29 is 9.59 Å². The van der Waals surface area contributed by atoms with Gasteiger partial charge in [-0.05, 0) is 56.6 Å². The molecule has 164 valence electrons. The summed E-state index contributed by atoms with van der Waals surface area (Å²) in [6, 6.07) is 9.30. The molecule has 1 fully saturated rings. The van der Waals surface area contributed by atoms with E-state index in [0.29, 0.717) is 29.9 Å². The third-order valence-corrected chi connectivity index (χ3v) is 5.97. The lowest BCUT2D eigenvalue weighted by Gasteiger charge is -2.25. The summed E-state index contributed by atoms with van der Waals surface area (Å²) in [5.41, 5.74) is 5.27. The van der Waals surface area contributed by atoms with E-state index in [1.54, 1.807) is 18.3 Å². The Balaban J connectivity index is 1.80. The molecule has 1 aliphatic heterocycles. The molecule has 1 aliphatic rings. The minimum atomic E-state index is -0.108. The van der Waals surface area contributed by atoms with Gasteiger partial charge < -0.3 is 9.88 Å². The van der Waals surface area contributed by atoms with E-state index in [9.17, 15) is 9.59 Å². The first kappa shape index (κ1) is 21.7. The van der Waals surface area contributed by atoms with Gasteiger partial charge in [-0.2, -0.15) is 0 Å². The number of likely N-dealkylation sites (tertiary alicyclic amines) is 1. The highest BCUT2D eigenvalue weighted by Crippen LogP contribution is 2.30. The number of piperidine rings is 1. The van der Waals surface area contributed by atoms with E-state index in [1.165, 1.54) is 13.3 Å². The maximum Gasteiger partial charge on any atom is 0.217 e. The van der Waals surface area contributed by atoms with Crippen LogP contribution >= 0.6 is 0 Å². The van der Waals surface area contributed by atoms with Gasteiger partial charge in [0.1, 0.15) is 0 Å². The van der Waals surface area contributed by atoms with E-state index in [-0.39, 0.29) is 11.7 Å². The Morgan fingerprint density at radius 2 is 1.88 bits per heavy atom. The summed E-state index contributed by atoms with van der Waals surface area (Å²) in [6.07, 6.45) is 5.21. The number of benzene rings is 1. The minimum Gasteiger partial charge on any atom is -0.352 e. The SMILES string of the molecule is [C-]#[N+]c1ccc(-n2c(C)c(C(=O)CN3CCCCC3)c3ncc(CNC(C)=O)cc32)cc1. The first-order chi connectivity index (χ1) is 15.5. The average molecular weight is 430 g/mol. The molecule has 0 saturated carbocycles. The van der Waals surface area contributed by atoms with E-state index < -0.39 is 0 Å². The zero-order valence-electron chi connectivity index (χ0n) is 18.5. The van der Waals surface area contributed by atoms with Crippen LogP contribution in [-0.4, -0.2) is 45.8 Å². The minimum absolute atomic E-state index is 0.0769. The summed E-state index contributed by atoms with van der Waals surface area (Å²) < 4.78 is 2.02. The molecular formula is C25H27N5O2. The molecule has 0 atom stereocenters. The Morgan fingerprint density at radius 1 is 1.16 bits per heavy atom. The van der Waals surface area contributed by atoms with Crippen LogP contribution in [0.5, 0.6) is 0 Å². The van der Waals surface area contributed by atoms with Crippen LogP contribution in [0.2, 0.25) is 0 Å². The zero-order chi connectivity index (χ0) is 22.7. The predicted molar refractivity (Wildman–Crippen MR) is 124 cm³/mol. The van der Waals surface area contributed by atoms with Crippen molar-refractivity contribution in [3.05, 3.63) is 64.8 Å². The Labute approximate surface area is 187 Å². The molecular weight excluding hydrogens is 402 g/mol. The van der Waals surface area contributed by atoms with Crippen LogP contribution in [0.15, 0.2) is 36.5 Å². The number of aromatic nitrogens is 2. The lowest BCUT2D eigenvalue weighted by Crippen LogP contribution is -2.34. The maximum absolute atomic E-state index is 13.4. The number of hydrogen-bond acceptors (Lipinski definition) is 4. The monoisotopic (exact) mass is 429 g/mol. The molecule has 2 aromatic heterocycles. The second kappa shape index (κ2) is 9.33. The topological polar surface area (TPSA) is 71.6 Å². The predicted octanol–water partition coefficient (Wildman–Crippen LogP) is 4.19. The highest BCUT2D eigenvalue weighted by Gasteiger charge is 2.24. The summed E-state index contributed by atoms with van der Waals surface area (Å²) in [6.45, 7) is 13.3. The van der Waals surface area contributed by atoms with Crippen molar-refractivity contribution in [1.29, 1.82) is 0 Å². The molecule has 1 N–H and O–H groups in total. The highest BCUT2D eigenvalue weighted by atomic mass is 16.1. The molecule has 32 heavy (non-hydrogen) atoms. The van der Waals surface area contributed by atoms with Crippen LogP contribution in [0, 0.1) is 13.5 Å². The number of hydrogen-bond donors (Lipinski definition) is 1. The van der Waals surface area contributed by atoms with Crippen molar-refractivity contribution in [2.24, 2.45) is 0 Å². The number of pyridine rings is 1. The Hall–Kier alpha value is -3.50. The van der Waals surface area contributed by atoms with Gasteiger partial charge in [-0.15, -0.1) is 0 Å². The summed E-state index contributed by atoms with van der Waals surface area (Å²) in [5, 5.41) is 2.80. The quantitative estimate of drug-likeness (QED) is 0.471. The number of Topliss-reactive ketones (excluding diaryl/α,β-unsaturated/α-hetero) is 1. The van der Waals surface area contributed by atoms with Crippen molar-refractivity contribution in [3.8, 4) is 5.69 Å². The smallest absolute Gasteiger partial charge is 0.217 e. The number of ketones is 1. The summed E-state index contributed by atoms with van der Waals surface area (Å²) in [5.74, 6) is -0.0307. The van der Waals surface area contributed by atoms with Gasteiger partial charge in [-0.3, -0.25) is 19.5 Å². The number of fused-ring (bicyclic) bond motifs is 1. The Kier molecular flexibility index (Phi) is 6.33. The van der Waals surface area contributed by atoms with Crippen molar-refractivity contribution in [2.75, 3.05) is 19.6 Å². The van der Waals surface area contributed by atoms with Crippen LogP contribution < -0.4 is 5.32 Å². The molecule has 1 saturated heterocycles. The van der Waals surface area contributed by atoms with Gasteiger partial charge in [0.25, 0.3) is 0 Å². The number of carbonyl (C=O) groups excluding carboxylic acids is 2.